The maximum absolute atomic E-state index is 13.0. The summed E-state index contributed by atoms with van der Waals surface area (Å²) < 4.78 is 2.19. The van der Waals surface area contributed by atoms with Gasteiger partial charge in [-0.15, -0.1) is 10.2 Å². The number of carbonyl (C=O) groups excluding carboxylic acids is 2. The predicted molar refractivity (Wildman–Crippen MR) is 105 cm³/mol. The molecule has 3 heterocycles. The van der Waals surface area contributed by atoms with Gasteiger partial charge in [0.2, 0.25) is 11.8 Å². The third kappa shape index (κ3) is 3.59. The van der Waals surface area contributed by atoms with Gasteiger partial charge in [-0.3, -0.25) is 9.59 Å². The average molecular weight is 386 g/mol. The maximum Gasteiger partial charge on any atom is 0.226 e. The quantitative estimate of drug-likeness (QED) is 0.734. The molecule has 28 heavy (non-hydrogen) atoms. The normalized spacial score (nSPS) is 23.8. The minimum absolute atomic E-state index is 0.0885. The van der Waals surface area contributed by atoms with Crippen molar-refractivity contribution >= 4 is 11.8 Å². The topological polar surface area (TPSA) is 71.3 Å². The number of fused-ring (bicyclic) bond motifs is 1. The number of carbonyl (C=O) groups is 2. The first kappa shape index (κ1) is 19.2. The van der Waals surface area contributed by atoms with E-state index in [1.165, 1.54) is 11.1 Å². The highest BCUT2D eigenvalue weighted by Crippen LogP contribution is 2.33. The van der Waals surface area contributed by atoms with E-state index in [-0.39, 0.29) is 11.8 Å². The van der Waals surface area contributed by atoms with Crippen LogP contribution in [0.25, 0.3) is 0 Å². The van der Waals surface area contributed by atoms with Crippen molar-refractivity contribution in [1.82, 2.24) is 24.6 Å². The molecule has 0 bridgehead atoms. The third-order valence-electron chi connectivity index (χ3n) is 6.90. The van der Waals surface area contributed by atoms with E-state index in [4.69, 9.17) is 0 Å². The Kier molecular flexibility index (Phi) is 5.25. The van der Waals surface area contributed by atoms with Crippen LogP contribution < -0.4 is 0 Å². The Morgan fingerprint density at radius 2 is 1.68 bits per heavy atom. The van der Waals surface area contributed by atoms with E-state index in [1.807, 2.05) is 4.90 Å². The van der Waals surface area contributed by atoms with Crippen molar-refractivity contribution in [3.63, 3.8) is 0 Å². The van der Waals surface area contributed by atoms with Gasteiger partial charge in [0.05, 0.1) is 6.54 Å². The van der Waals surface area contributed by atoms with E-state index in [2.05, 4.69) is 33.5 Å². The summed E-state index contributed by atoms with van der Waals surface area (Å²) in [7, 11) is 0. The molecule has 2 amide bonds. The van der Waals surface area contributed by atoms with Gasteiger partial charge in [-0.1, -0.05) is 11.1 Å². The van der Waals surface area contributed by atoms with Gasteiger partial charge in [0.15, 0.2) is 5.82 Å². The number of amides is 2. The van der Waals surface area contributed by atoms with Crippen LogP contribution in [0, 0.1) is 5.92 Å². The van der Waals surface area contributed by atoms with Crippen LogP contribution in [-0.4, -0.2) is 56.0 Å². The van der Waals surface area contributed by atoms with Crippen LogP contribution in [-0.2, 0) is 22.7 Å². The molecule has 0 saturated carbocycles. The van der Waals surface area contributed by atoms with Crippen molar-refractivity contribution in [2.45, 2.75) is 71.9 Å². The second-order valence-corrected chi connectivity index (χ2v) is 8.67. The largest absolute Gasteiger partial charge is 0.342 e. The van der Waals surface area contributed by atoms with Crippen molar-refractivity contribution in [2.75, 3.05) is 19.6 Å². The molecule has 1 saturated heterocycles. The predicted octanol–water partition coefficient (Wildman–Crippen LogP) is 2.48. The molecule has 1 aliphatic carbocycles. The highest BCUT2D eigenvalue weighted by Gasteiger charge is 2.33. The van der Waals surface area contributed by atoms with Gasteiger partial charge >= 0.3 is 0 Å². The van der Waals surface area contributed by atoms with Gasteiger partial charge in [0.1, 0.15) is 5.82 Å². The molecule has 7 nitrogen and oxygen atoms in total. The van der Waals surface area contributed by atoms with Crippen LogP contribution in [0.5, 0.6) is 0 Å². The van der Waals surface area contributed by atoms with Crippen LogP contribution in [0.15, 0.2) is 11.1 Å². The molecule has 1 aromatic heterocycles. The molecule has 1 fully saturated rings. The van der Waals surface area contributed by atoms with E-state index >= 15 is 0 Å². The number of piperidine rings is 1. The second-order valence-electron chi connectivity index (χ2n) is 8.67. The van der Waals surface area contributed by atoms with Crippen molar-refractivity contribution in [3.05, 3.63) is 22.8 Å². The van der Waals surface area contributed by atoms with Crippen molar-refractivity contribution in [2.24, 2.45) is 5.92 Å². The van der Waals surface area contributed by atoms with Crippen molar-refractivity contribution in [1.29, 1.82) is 0 Å². The molecule has 152 valence electrons. The summed E-state index contributed by atoms with van der Waals surface area (Å²) in [5, 5.41) is 8.80. The molecule has 1 atom stereocenters. The van der Waals surface area contributed by atoms with Gasteiger partial charge in [0, 0.05) is 44.9 Å². The first-order valence-electron chi connectivity index (χ1n) is 10.6. The molecule has 0 N–H and O–H groups in total. The fraction of sp³-hybridized carbons (Fsp3) is 0.714. The van der Waals surface area contributed by atoms with E-state index < -0.39 is 0 Å². The summed E-state index contributed by atoms with van der Waals surface area (Å²) in [4.78, 5) is 28.5. The van der Waals surface area contributed by atoms with Gasteiger partial charge in [-0.05, 0) is 46.0 Å². The monoisotopic (exact) mass is 385 g/mol. The van der Waals surface area contributed by atoms with Crippen molar-refractivity contribution < 1.29 is 9.59 Å². The molecular formula is C21H31N5O2. The fourth-order valence-electron chi connectivity index (χ4n) is 4.83. The number of hydrogen-bond acceptors (Lipinski definition) is 4. The molecule has 0 radical (unpaired) electrons. The summed E-state index contributed by atoms with van der Waals surface area (Å²) in [5.74, 6) is 2.87. The second kappa shape index (κ2) is 7.68. The number of rotatable bonds is 2. The van der Waals surface area contributed by atoms with Gasteiger partial charge in [-0.2, -0.15) is 0 Å². The van der Waals surface area contributed by atoms with Crippen LogP contribution in [0.1, 0.15) is 70.4 Å². The van der Waals surface area contributed by atoms with Crippen LogP contribution >= 0.6 is 0 Å². The molecule has 1 unspecified atom stereocenters. The minimum atomic E-state index is 0.0885. The summed E-state index contributed by atoms with van der Waals surface area (Å²) in [6.45, 7) is 9.62. The first-order chi connectivity index (χ1) is 13.4. The summed E-state index contributed by atoms with van der Waals surface area (Å²) in [5.41, 5.74) is 2.86. The number of allylic oxidation sites excluding steroid dienone is 2. The number of hydrogen-bond donors (Lipinski definition) is 0. The van der Waals surface area contributed by atoms with Gasteiger partial charge < -0.3 is 14.4 Å². The lowest BCUT2D eigenvalue weighted by atomic mass is 9.83. The smallest absolute Gasteiger partial charge is 0.226 e. The van der Waals surface area contributed by atoms with E-state index in [9.17, 15) is 9.59 Å². The van der Waals surface area contributed by atoms with Gasteiger partial charge in [0.25, 0.3) is 0 Å². The average Bonchev–Trinajstić information content (AvgIpc) is 3.13. The standard InChI is InChI=1S/C21H31N5O2/c1-14-4-5-18(12-15(14)2)21(28)24-8-6-17(7-9-24)20-23-22-19-13-25(16(3)27)10-11-26(19)20/h17-18H,4-13H2,1-3H3. The van der Waals surface area contributed by atoms with Crippen LogP contribution in [0.4, 0.5) is 0 Å². The lowest BCUT2D eigenvalue weighted by Crippen LogP contribution is -2.42. The van der Waals surface area contributed by atoms with Crippen LogP contribution in [0.2, 0.25) is 0 Å². The van der Waals surface area contributed by atoms with E-state index in [0.29, 0.717) is 18.4 Å². The summed E-state index contributed by atoms with van der Waals surface area (Å²) in [6.07, 6.45) is 4.87. The highest BCUT2D eigenvalue weighted by molar-refractivity contribution is 5.79. The molecule has 7 heteroatoms. The molecular weight excluding hydrogens is 354 g/mol. The number of aromatic nitrogens is 3. The summed E-state index contributed by atoms with van der Waals surface area (Å²) in [6, 6.07) is 0. The first-order valence-corrected chi connectivity index (χ1v) is 10.6. The Labute approximate surface area is 166 Å². The zero-order chi connectivity index (χ0) is 19.8. The number of nitrogens with zero attached hydrogens (tertiary/aromatic N) is 5. The van der Waals surface area contributed by atoms with Crippen LogP contribution in [0.3, 0.4) is 0 Å². The molecule has 3 aliphatic rings. The Bertz CT molecular complexity index is 804. The Hall–Kier alpha value is -2.18. The lowest BCUT2D eigenvalue weighted by molar-refractivity contribution is -0.137. The van der Waals surface area contributed by atoms with Gasteiger partial charge in [-0.25, -0.2) is 0 Å². The Morgan fingerprint density at radius 1 is 0.929 bits per heavy atom. The Balaban J connectivity index is 1.36. The Morgan fingerprint density at radius 3 is 2.36 bits per heavy atom. The number of likely N-dealkylation sites (tertiary alicyclic amines) is 1. The fourth-order valence-corrected chi connectivity index (χ4v) is 4.83. The van der Waals surface area contributed by atoms with E-state index in [1.54, 1.807) is 6.92 Å². The molecule has 2 aliphatic heterocycles. The molecule has 0 aromatic carbocycles. The highest BCUT2D eigenvalue weighted by atomic mass is 16.2. The zero-order valence-corrected chi connectivity index (χ0v) is 17.3. The SMILES string of the molecule is CC(=O)N1CCn2c(nnc2C2CCN(C(=O)C3CCC(C)=C(C)C3)CC2)C1. The summed E-state index contributed by atoms with van der Waals surface area (Å²) >= 11 is 0. The third-order valence-corrected chi connectivity index (χ3v) is 6.90. The molecule has 0 spiro atoms. The lowest BCUT2D eigenvalue weighted by Gasteiger charge is -2.35. The minimum Gasteiger partial charge on any atom is -0.342 e. The van der Waals surface area contributed by atoms with Crippen molar-refractivity contribution in [3.8, 4) is 0 Å². The molecule has 4 rings (SSSR count). The van der Waals surface area contributed by atoms with E-state index in [0.717, 1.165) is 69.9 Å². The maximum atomic E-state index is 13.0. The molecule has 1 aromatic rings. The zero-order valence-electron chi connectivity index (χ0n) is 17.3.